The molecule has 0 aromatic rings. The molecule has 1 aliphatic heterocycles. The molecule has 1 fully saturated rings. The van der Waals surface area contributed by atoms with E-state index in [4.69, 9.17) is 0 Å². The Hall–Kier alpha value is -0.770. The quantitative estimate of drug-likeness (QED) is 0.686. The van der Waals surface area contributed by atoms with E-state index in [0.29, 0.717) is 6.04 Å². The summed E-state index contributed by atoms with van der Waals surface area (Å²) in [4.78, 5) is 18.2. The summed E-state index contributed by atoms with van der Waals surface area (Å²) in [7, 11) is 2.11. The molecule has 0 aromatic carbocycles. The fraction of sp³-hybridized carbons (Fsp3) is 0.909. The van der Waals surface area contributed by atoms with Crippen molar-refractivity contribution in [1.29, 1.82) is 0 Å². The molecule has 1 saturated heterocycles. The van der Waals surface area contributed by atoms with E-state index >= 15 is 0 Å². The highest BCUT2D eigenvalue weighted by molar-refractivity contribution is 5.74. The SMILES string of the molecule is CCN(CC)C(=O)N1CCN(C)C(C)C1. The van der Waals surface area contributed by atoms with Gasteiger partial charge in [0.15, 0.2) is 0 Å². The number of hydrogen-bond acceptors (Lipinski definition) is 2. The van der Waals surface area contributed by atoms with E-state index in [-0.39, 0.29) is 6.03 Å². The Labute approximate surface area is 92.8 Å². The van der Waals surface area contributed by atoms with Crippen LogP contribution in [0.3, 0.4) is 0 Å². The largest absolute Gasteiger partial charge is 0.325 e. The molecule has 1 rings (SSSR count). The Morgan fingerprint density at radius 2 is 1.93 bits per heavy atom. The van der Waals surface area contributed by atoms with Crippen molar-refractivity contribution in [1.82, 2.24) is 14.7 Å². The second kappa shape index (κ2) is 5.35. The highest BCUT2D eigenvalue weighted by Gasteiger charge is 2.26. The summed E-state index contributed by atoms with van der Waals surface area (Å²) >= 11 is 0. The zero-order valence-electron chi connectivity index (χ0n) is 10.4. The van der Waals surface area contributed by atoms with Crippen molar-refractivity contribution in [3.05, 3.63) is 0 Å². The molecule has 0 bridgehead atoms. The van der Waals surface area contributed by atoms with Crippen LogP contribution in [0, 0.1) is 0 Å². The molecule has 0 spiro atoms. The second-order valence-corrected chi connectivity index (χ2v) is 4.23. The third kappa shape index (κ3) is 2.84. The van der Waals surface area contributed by atoms with Crippen molar-refractivity contribution >= 4 is 6.03 Å². The first-order valence-electron chi connectivity index (χ1n) is 5.84. The second-order valence-electron chi connectivity index (χ2n) is 4.23. The molecule has 0 aromatic heterocycles. The molecular formula is C11H23N3O. The molecule has 1 unspecified atom stereocenters. The van der Waals surface area contributed by atoms with Crippen LogP contribution in [-0.2, 0) is 0 Å². The van der Waals surface area contributed by atoms with Gasteiger partial charge in [-0.05, 0) is 27.8 Å². The number of hydrogen-bond donors (Lipinski definition) is 0. The lowest BCUT2D eigenvalue weighted by atomic mass is 10.2. The summed E-state index contributed by atoms with van der Waals surface area (Å²) in [5.74, 6) is 0. The van der Waals surface area contributed by atoms with Gasteiger partial charge in [-0.1, -0.05) is 0 Å². The Morgan fingerprint density at radius 3 is 2.40 bits per heavy atom. The van der Waals surface area contributed by atoms with Crippen LogP contribution in [0.25, 0.3) is 0 Å². The first-order valence-corrected chi connectivity index (χ1v) is 5.84. The molecule has 1 atom stereocenters. The zero-order valence-corrected chi connectivity index (χ0v) is 10.4. The number of piperazine rings is 1. The van der Waals surface area contributed by atoms with Crippen LogP contribution in [0.4, 0.5) is 4.79 Å². The molecule has 1 aliphatic rings. The van der Waals surface area contributed by atoms with E-state index in [0.717, 1.165) is 32.7 Å². The number of nitrogens with zero attached hydrogens (tertiary/aromatic N) is 3. The molecule has 15 heavy (non-hydrogen) atoms. The van der Waals surface area contributed by atoms with Crippen molar-refractivity contribution in [3.63, 3.8) is 0 Å². The normalized spacial score (nSPS) is 22.9. The number of urea groups is 1. The molecule has 4 heteroatoms. The van der Waals surface area contributed by atoms with Crippen molar-refractivity contribution in [3.8, 4) is 0 Å². The predicted molar refractivity (Wildman–Crippen MR) is 62.0 cm³/mol. The first-order chi connectivity index (χ1) is 7.10. The third-order valence-electron chi connectivity index (χ3n) is 3.26. The van der Waals surface area contributed by atoms with Gasteiger partial charge < -0.3 is 14.7 Å². The summed E-state index contributed by atoms with van der Waals surface area (Å²) in [6.45, 7) is 10.5. The molecule has 0 N–H and O–H groups in total. The van der Waals surface area contributed by atoms with Crippen molar-refractivity contribution in [2.45, 2.75) is 26.8 Å². The fourth-order valence-electron chi connectivity index (χ4n) is 1.92. The number of carbonyl (C=O) groups is 1. The van der Waals surface area contributed by atoms with Gasteiger partial charge >= 0.3 is 6.03 Å². The molecule has 2 amide bonds. The van der Waals surface area contributed by atoms with Crippen LogP contribution >= 0.6 is 0 Å². The minimum atomic E-state index is 0.194. The summed E-state index contributed by atoms with van der Waals surface area (Å²) in [5.41, 5.74) is 0. The van der Waals surface area contributed by atoms with Crippen LogP contribution < -0.4 is 0 Å². The van der Waals surface area contributed by atoms with Gasteiger partial charge in [0.2, 0.25) is 0 Å². The Morgan fingerprint density at radius 1 is 1.33 bits per heavy atom. The maximum Gasteiger partial charge on any atom is 0.320 e. The van der Waals surface area contributed by atoms with Gasteiger partial charge in [0.25, 0.3) is 0 Å². The average Bonchev–Trinajstić information content (AvgIpc) is 2.23. The molecular weight excluding hydrogens is 190 g/mol. The van der Waals surface area contributed by atoms with E-state index in [9.17, 15) is 4.79 Å². The van der Waals surface area contributed by atoms with E-state index in [2.05, 4.69) is 18.9 Å². The van der Waals surface area contributed by atoms with E-state index < -0.39 is 0 Å². The fourth-order valence-corrected chi connectivity index (χ4v) is 1.92. The molecule has 4 nitrogen and oxygen atoms in total. The summed E-state index contributed by atoms with van der Waals surface area (Å²) in [5, 5.41) is 0. The Balaban J connectivity index is 2.53. The van der Waals surface area contributed by atoms with Gasteiger partial charge in [0, 0.05) is 38.8 Å². The van der Waals surface area contributed by atoms with Gasteiger partial charge in [-0.15, -0.1) is 0 Å². The van der Waals surface area contributed by atoms with Crippen molar-refractivity contribution < 1.29 is 4.79 Å². The highest BCUT2D eigenvalue weighted by atomic mass is 16.2. The zero-order chi connectivity index (χ0) is 11.4. The number of carbonyl (C=O) groups excluding carboxylic acids is 1. The van der Waals surface area contributed by atoms with Gasteiger partial charge in [-0.3, -0.25) is 0 Å². The lowest BCUT2D eigenvalue weighted by Crippen LogP contribution is -2.55. The lowest BCUT2D eigenvalue weighted by molar-refractivity contribution is 0.0979. The molecule has 88 valence electrons. The molecule has 0 radical (unpaired) electrons. The van der Waals surface area contributed by atoms with Gasteiger partial charge in [-0.2, -0.15) is 0 Å². The standard InChI is InChI=1S/C11H23N3O/c1-5-13(6-2)11(15)14-8-7-12(4)10(3)9-14/h10H,5-9H2,1-4H3. The smallest absolute Gasteiger partial charge is 0.320 e. The van der Waals surface area contributed by atoms with Gasteiger partial charge in [-0.25, -0.2) is 4.79 Å². The summed E-state index contributed by atoms with van der Waals surface area (Å²) in [6.07, 6.45) is 0. The lowest BCUT2D eigenvalue weighted by Gasteiger charge is -2.39. The summed E-state index contributed by atoms with van der Waals surface area (Å²) < 4.78 is 0. The monoisotopic (exact) mass is 213 g/mol. The summed E-state index contributed by atoms with van der Waals surface area (Å²) in [6, 6.07) is 0.665. The van der Waals surface area contributed by atoms with E-state index in [1.54, 1.807) is 0 Å². The minimum Gasteiger partial charge on any atom is -0.325 e. The number of likely N-dealkylation sites (N-methyl/N-ethyl adjacent to an activating group) is 1. The minimum absolute atomic E-state index is 0.194. The Kier molecular flexibility index (Phi) is 4.39. The predicted octanol–water partition coefficient (Wildman–Crippen LogP) is 1.08. The van der Waals surface area contributed by atoms with E-state index in [1.165, 1.54) is 0 Å². The van der Waals surface area contributed by atoms with Gasteiger partial charge in [0.1, 0.15) is 0 Å². The molecule has 0 aliphatic carbocycles. The maximum atomic E-state index is 12.0. The number of rotatable bonds is 2. The number of amides is 2. The van der Waals surface area contributed by atoms with Crippen LogP contribution in [0.15, 0.2) is 0 Å². The third-order valence-corrected chi connectivity index (χ3v) is 3.26. The average molecular weight is 213 g/mol. The van der Waals surface area contributed by atoms with E-state index in [1.807, 2.05) is 23.6 Å². The van der Waals surface area contributed by atoms with Crippen LogP contribution in [0.2, 0.25) is 0 Å². The molecule has 0 saturated carbocycles. The Bertz CT molecular complexity index is 216. The van der Waals surface area contributed by atoms with Crippen LogP contribution in [-0.4, -0.2) is 66.5 Å². The van der Waals surface area contributed by atoms with Crippen LogP contribution in [0.5, 0.6) is 0 Å². The van der Waals surface area contributed by atoms with Crippen molar-refractivity contribution in [2.24, 2.45) is 0 Å². The maximum absolute atomic E-state index is 12.0. The highest BCUT2D eigenvalue weighted by Crippen LogP contribution is 2.09. The first kappa shape index (κ1) is 12.3. The van der Waals surface area contributed by atoms with Crippen molar-refractivity contribution in [2.75, 3.05) is 39.8 Å². The van der Waals surface area contributed by atoms with Gasteiger partial charge in [0.05, 0.1) is 0 Å². The molecule has 1 heterocycles. The topological polar surface area (TPSA) is 26.8 Å². The van der Waals surface area contributed by atoms with Crippen LogP contribution in [0.1, 0.15) is 20.8 Å².